The van der Waals surface area contributed by atoms with Gasteiger partial charge in [0.25, 0.3) is 0 Å². The SMILES string of the molecule is O=CN1CCN(C(=O)CC(c2ccccc2)c2ccccc2)CC1. The lowest BCUT2D eigenvalue weighted by molar-refractivity contribution is -0.135. The molecule has 24 heavy (non-hydrogen) atoms. The van der Waals surface area contributed by atoms with Crippen LogP contribution in [0.4, 0.5) is 0 Å². The Morgan fingerprint density at radius 2 is 1.38 bits per heavy atom. The normalized spacial score (nSPS) is 14.7. The van der Waals surface area contributed by atoms with Gasteiger partial charge >= 0.3 is 0 Å². The third-order valence-electron chi connectivity index (χ3n) is 4.60. The minimum Gasteiger partial charge on any atom is -0.342 e. The predicted molar refractivity (Wildman–Crippen MR) is 93.6 cm³/mol. The molecule has 4 heteroatoms. The van der Waals surface area contributed by atoms with Crippen LogP contribution in [0.1, 0.15) is 23.5 Å². The lowest BCUT2D eigenvalue weighted by Crippen LogP contribution is -2.48. The molecule has 0 saturated carbocycles. The van der Waals surface area contributed by atoms with E-state index < -0.39 is 0 Å². The number of hydrogen-bond donors (Lipinski definition) is 0. The predicted octanol–water partition coefficient (Wildman–Crippen LogP) is 2.51. The molecule has 0 N–H and O–H groups in total. The summed E-state index contributed by atoms with van der Waals surface area (Å²) in [5.41, 5.74) is 2.31. The first kappa shape index (κ1) is 16.2. The molecule has 0 bridgehead atoms. The molecule has 1 heterocycles. The summed E-state index contributed by atoms with van der Waals surface area (Å²) in [6.45, 7) is 2.48. The van der Waals surface area contributed by atoms with E-state index in [-0.39, 0.29) is 11.8 Å². The molecule has 124 valence electrons. The van der Waals surface area contributed by atoms with Gasteiger partial charge in [-0.3, -0.25) is 9.59 Å². The van der Waals surface area contributed by atoms with Crippen LogP contribution < -0.4 is 0 Å². The highest BCUT2D eigenvalue weighted by Crippen LogP contribution is 2.28. The van der Waals surface area contributed by atoms with Crippen LogP contribution in [0.3, 0.4) is 0 Å². The Labute approximate surface area is 142 Å². The second kappa shape index (κ2) is 7.77. The molecule has 1 aliphatic rings. The highest BCUT2D eigenvalue weighted by Gasteiger charge is 2.24. The lowest BCUT2D eigenvalue weighted by Gasteiger charge is -2.33. The molecule has 0 atom stereocenters. The molecule has 1 saturated heterocycles. The van der Waals surface area contributed by atoms with Crippen LogP contribution in [0.15, 0.2) is 60.7 Å². The van der Waals surface area contributed by atoms with Crippen LogP contribution in [-0.4, -0.2) is 48.3 Å². The minimum atomic E-state index is 0.0593. The molecule has 0 unspecified atom stereocenters. The minimum absolute atomic E-state index is 0.0593. The van der Waals surface area contributed by atoms with E-state index in [0.29, 0.717) is 32.6 Å². The van der Waals surface area contributed by atoms with Crippen molar-refractivity contribution in [1.29, 1.82) is 0 Å². The van der Waals surface area contributed by atoms with E-state index in [1.165, 1.54) is 0 Å². The number of hydrogen-bond acceptors (Lipinski definition) is 2. The molecule has 3 rings (SSSR count). The van der Waals surface area contributed by atoms with Gasteiger partial charge in [0.1, 0.15) is 0 Å². The van der Waals surface area contributed by atoms with Crippen molar-refractivity contribution in [3.63, 3.8) is 0 Å². The van der Waals surface area contributed by atoms with E-state index >= 15 is 0 Å². The molecule has 2 aromatic carbocycles. The van der Waals surface area contributed by atoms with Gasteiger partial charge in [-0.1, -0.05) is 60.7 Å². The Balaban J connectivity index is 1.75. The van der Waals surface area contributed by atoms with Gasteiger partial charge in [-0.25, -0.2) is 0 Å². The van der Waals surface area contributed by atoms with Crippen molar-refractivity contribution in [3.05, 3.63) is 71.8 Å². The summed E-state index contributed by atoms with van der Waals surface area (Å²) in [6.07, 6.45) is 1.31. The Hall–Kier alpha value is -2.62. The van der Waals surface area contributed by atoms with Gasteiger partial charge in [-0.15, -0.1) is 0 Å². The fourth-order valence-corrected chi connectivity index (χ4v) is 3.18. The number of carbonyl (C=O) groups is 2. The number of amides is 2. The van der Waals surface area contributed by atoms with Crippen LogP contribution in [0.5, 0.6) is 0 Å². The average molecular weight is 322 g/mol. The number of nitrogens with zero attached hydrogens (tertiary/aromatic N) is 2. The number of piperazine rings is 1. The van der Waals surface area contributed by atoms with Crippen LogP contribution in [0, 0.1) is 0 Å². The monoisotopic (exact) mass is 322 g/mol. The van der Waals surface area contributed by atoms with Gasteiger partial charge in [0.2, 0.25) is 12.3 Å². The summed E-state index contributed by atoms with van der Waals surface area (Å²) in [5, 5.41) is 0. The van der Waals surface area contributed by atoms with E-state index in [2.05, 4.69) is 24.3 Å². The van der Waals surface area contributed by atoms with Gasteiger partial charge < -0.3 is 9.80 Å². The first-order valence-electron chi connectivity index (χ1n) is 8.35. The van der Waals surface area contributed by atoms with Crippen molar-refractivity contribution in [3.8, 4) is 0 Å². The van der Waals surface area contributed by atoms with Gasteiger partial charge in [-0.2, -0.15) is 0 Å². The van der Waals surface area contributed by atoms with E-state index in [1.54, 1.807) is 4.90 Å². The third-order valence-corrected chi connectivity index (χ3v) is 4.60. The van der Waals surface area contributed by atoms with Crippen LogP contribution in [-0.2, 0) is 9.59 Å². The molecular formula is C20H22N2O2. The summed E-state index contributed by atoms with van der Waals surface area (Å²) in [7, 11) is 0. The maximum Gasteiger partial charge on any atom is 0.223 e. The summed E-state index contributed by atoms with van der Waals surface area (Å²) in [6, 6.07) is 20.3. The first-order chi connectivity index (χ1) is 11.8. The fraction of sp³-hybridized carbons (Fsp3) is 0.300. The molecule has 1 aliphatic heterocycles. The fourth-order valence-electron chi connectivity index (χ4n) is 3.18. The van der Waals surface area contributed by atoms with Crippen molar-refractivity contribution in [2.45, 2.75) is 12.3 Å². The Kier molecular flexibility index (Phi) is 5.26. The topological polar surface area (TPSA) is 40.6 Å². The Morgan fingerprint density at radius 3 is 1.83 bits per heavy atom. The Morgan fingerprint density at radius 1 is 0.875 bits per heavy atom. The van der Waals surface area contributed by atoms with E-state index in [4.69, 9.17) is 0 Å². The van der Waals surface area contributed by atoms with Gasteiger partial charge in [-0.05, 0) is 11.1 Å². The van der Waals surface area contributed by atoms with Gasteiger partial charge in [0, 0.05) is 38.5 Å². The molecule has 1 fully saturated rings. The quantitative estimate of drug-likeness (QED) is 0.794. The van der Waals surface area contributed by atoms with Crippen molar-refractivity contribution < 1.29 is 9.59 Å². The highest BCUT2D eigenvalue weighted by atomic mass is 16.2. The molecular weight excluding hydrogens is 300 g/mol. The van der Waals surface area contributed by atoms with Crippen LogP contribution >= 0.6 is 0 Å². The summed E-state index contributed by atoms with van der Waals surface area (Å²) in [4.78, 5) is 27.2. The molecule has 4 nitrogen and oxygen atoms in total. The second-order valence-electron chi connectivity index (χ2n) is 6.10. The van der Waals surface area contributed by atoms with E-state index in [9.17, 15) is 9.59 Å². The highest BCUT2D eigenvalue weighted by molar-refractivity contribution is 5.78. The second-order valence-corrected chi connectivity index (χ2v) is 6.10. The zero-order chi connectivity index (χ0) is 16.8. The maximum absolute atomic E-state index is 12.8. The molecule has 0 aliphatic carbocycles. The van der Waals surface area contributed by atoms with Gasteiger partial charge in [0.15, 0.2) is 0 Å². The molecule has 0 radical (unpaired) electrons. The van der Waals surface area contributed by atoms with Crippen LogP contribution in [0.25, 0.3) is 0 Å². The zero-order valence-corrected chi connectivity index (χ0v) is 13.7. The van der Waals surface area contributed by atoms with E-state index in [1.807, 2.05) is 41.3 Å². The summed E-state index contributed by atoms with van der Waals surface area (Å²) < 4.78 is 0. The van der Waals surface area contributed by atoms with E-state index in [0.717, 1.165) is 17.5 Å². The molecule has 0 aromatic heterocycles. The number of rotatable bonds is 5. The Bertz CT molecular complexity index is 625. The maximum atomic E-state index is 12.8. The first-order valence-corrected chi connectivity index (χ1v) is 8.35. The third kappa shape index (κ3) is 3.82. The van der Waals surface area contributed by atoms with Crippen molar-refractivity contribution in [2.75, 3.05) is 26.2 Å². The standard InChI is InChI=1S/C20H22N2O2/c23-16-21-11-13-22(14-12-21)20(24)15-19(17-7-3-1-4-8-17)18-9-5-2-6-10-18/h1-10,16,19H,11-15H2. The average Bonchev–Trinajstić information content (AvgIpc) is 2.67. The van der Waals surface area contributed by atoms with Crippen molar-refractivity contribution in [1.82, 2.24) is 9.80 Å². The number of benzene rings is 2. The number of carbonyl (C=O) groups excluding carboxylic acids is 2. The smallest absolute Gasteiger partial charge is 0.223 e. The zero-order valence-electron chi connectivity index (χ0n) is 13.7. The molecule has 0 spiro atoms. The summed E-state index contributed by atoms with van der Waals surface area (Å²) in [5.74, 6) is 0.210. The van der Waals surface area contributed by atoms with Gasteiger partial charge in [0.05, 0.1) is 0 Å². The van der Waals surface area contributed by atoms with Crippen LogP contribution in [0.2, 0.25) is 0 Å². The largest absolute Gasteiger partial charge is 0.342 e. The molecule has 2 amide bonds. The summed E-state index contributed by atoms with van der Waals surface area (Å²) >= 11 is 0. The lowest BCUT2D eigenvalue weighted by atomic mass is 9.88. The van der Waals surface area contributed by atoms with Crippen molar-refractivity contribution in [2.24, 2.45) is 0 Å². The van der Waals surface area contributed by atoms with Crippen molar-refractivity contribution >= 4 is 12.3 Å². The molecule has 2 aromatic rings.